The normalized spacial score (nSPS) is 12.1. The summed E-state index contributed by atoms with van der Waals surface area (Å²) in [6, 6.07) is 0. The monoisotopic (exact) mass is 216 g/mol. The fourth-order valence-corrected chi connectivity index (χ4v) is 1.38. The summed E-state index contributed by atoms with van der Waals surface area (Å²) in [5.74, 6) is -0.232. The van der Waals surface area contributed by atoms with Gasteiger partial charge in [0.05, 0.1) is 5.25 Å². The van der Waals surface area contributed by atoms with Gasteiger partial charge in [0.2, 0.25) is 0 Å². The molecule has 0 spiro atoms. The molecule has 14 heavy (non-hydrogen) atoms. The highest BCUT2D eigenvalue weighted by atomic mass is 32.1. The molecule has 0 amide bonds. The van der Waals surface area contributed by atoms with Gasteiger partial charge in [-0.1, -0.05) is 45.3 Å². The maximum absolute atomic E-state index is 11.2. The SMILES string of the molecule is C=CCOC(=O)C(S)CCCCCC. The van der Waals surface area contributed by atoms with Crippen LogP contribution in [0, 0.1) is 0 Å². The Morgan fingerprint density at radius 3 is 2.79 bits per heavy atom. The molecule has 0 aliphatic rings. The van der Waals surface area contributed by atoms with Gasteiger partial charge in [0.25, 0.3) is 0 Å². The summed E-state index contributed by atoms with van der Waals surface area (Å²) in [6.45, 7) is 5.92. The van der Waals surface area contributed by atoms with E-state index >= 15 is 0 Å². The second kappa shape index (κ2) is 9.13. The average Bonchev–Trinajstić information content (AvgIpc) is 2.20. The van der Waals surface area contributed by atoms with E-state index in [0.717, 1.165) is 12.8 Å². The standard InChI is InChI=1S/C11H20O2S/c1-3-5-6-7-8-10(14)11(12)13-9-4-2/h4,10,14H,2-3,5-9H2,1H3. The van der Waals surface area contributed by atoms with Gasteiger partial charge in [-0.3, -0.25) is 4.79 Å². The number of carbonyl (C=O) groups is 1. The van der Waals surface area contributed by atoms with Crippen molar-refractivity contribution in [3.05, 3.63) is 12.7 Å². The third-order valence-corrected chi connectivity index (χ3v) is 2.42. The number of unbranched alkanes of at least 4 members (excludes halogenated alkanes) is 3. The van der Waals surface area contributed by atoms with Gasteiger partial charge < -0.3 is 4.74 Å². The van der Waals surface area contributed by atoms with Crippen molar-refractivity contribution in [1.29, 1.82) is 0 Å². The van der Waals surface area contributed by atoms with Crippen molar-refractivity contribution in [1.82, 2.24) is 0 Å². The zero-order valence-electron chi connectivity index (χ0n) is 8.87. The van der Waals surface area contributed by atoms with Gasteiger partial charge in [0.15, 0.2) is 0 Å². The number of carbonyl (C=O) groups excluding carboxylic acids is 1. The molecule has 82 valence electrons. The predicted molar refractivity (Wildman–Crippen MR) is 62.7 cm³/mol. The molecule has 0 saturated carbocycles. The molecule has 0 aromatic carbocycles. The van der Waals surface area contributed by atoms with Crippen LogP contribution in [-0.4, -0.2) is 17.8 Å². The molecule has 1 unspecified atom stereocenters. The minimum atomic E-state index is -0.271. The summed E-state index contributed by atoms with van der Waals surface area (Å²) in [7, 11) is 0. The Hall–Kier alpha value is -0.440. The second-order valence-electron chi connectivity index (χ2n) is 3.28. The van der Waals surface area contributed by atoms with E-state index in [9.17, 15) is 4.79 Å². The van der Waals surface area contributed by atoms with E-state index < -0.39 is 0 Å². The molecule has 0 rings (SSSR count). The van der Waals surface area contributed by atoms with Gasteiger partial charge in [-0.25, -0.2) is 0 Å². The minimum Gasteiger partial charge on any atom is -0.461 e. The van der Waals surface area contributed by atoms with E-state index in [-0.39, 0.29) is 17.8 Å². The smallest absolute Gasteiger partial charge is 0.319 e. The largest absolute Gasteiger partial charge is 0.461 e. The Morgan fingerprint density at radius 1 is 1.50 bits per heavy atom. The van der Waals surface area contributed by atoms with Crippen LogP contribution in [0.2, 0.25) is 0 Å². The van der Waals surface area contributed by atoms with Gasteiger partial charge >= 0.3 is 5.97 Å². The Labute approximate surface area is 92.1 Å². The first-order chi connectivity index (χ1) is 6.72. The molecule has 3 heteroatoms. The highest BCUT2D eigenvalue weighted by molar-refractivity contribution is 7.81. The van der Waals surface area contributed by atoms with Crippen molar-refractivity contribution in [2.75, 3.05) is 6.61 Å². The molecule has 0 bridgehead atoms. The summed E-state index contributed by atoms with van der Waals surface area (Å²) in [5.41, 5.74) is 0. The Kier molecular flexibility index (Phi) is 8.84. The van der Waals surface area contributed by atoms with E-state index in [4.69, 9.17) is 4.74 Å². The van der Waals surface area contributed by atoms with E-state index in [1.54, 1.807) is 6.08 Å². The fourth-order valence-electron chi connectivity index (χ4n) is 1.12. The van der Waals surface area contributed by atoms with E-state index in [2.05, 4.69) is 26.1 Å². The van der Waals surface area contributed by atoms with E-state index in [1.165, 1.54) is 19.3 Å². The number of thiol groups is 1. The lowest BCUT2D eigenvalue weighted by atomic mass is 10.1. The topological polar surface area (TPSA) is 26.3 Å². The number of hydrogen-bond donors (Lipinski definition) is 1. The zero-order chi connectivity index (χ0) is 10.8. The van der Waals surface area contributed by atoms with E-state index in [1.807, 2.05) is 0 Å². The summed E-state index contributed by atoms with van der Waals surface area (Å²) < 4.78 is 4.88. The summed E-state index contributed by atoms with van der Waals surface area (Å²) in [5, 5.41) is -0.271. The number of ether oxygens (including phenoxy) is 1. The maximum Gasteiger partial charge on any atom is 0.319 e. The molecule has 0 aliphatic carbocycles. The molecule has 0 radical (unpaired) electrons. The summed E-state index contributed by atoms with van der Waals surface area (Å²) in [6.07, 6.45) is 7.02. The number of esters is 1. The molecule has 1 atom stereocenters. The second-order valence-corrected chi connectivity index (χ2v) is 3.91. The molecule has 0 aliphatic heterocycles. The Morgan fingerprint density at radius 2 is 2.21 bits per heavy atom. The molecule has 0 aromatic rings. The third-order valence-electron chi connectivity index (χ3n) is 1.95. The van der Waals surface area contributed by atoms with Crippen LogP contribution in [-0.2, 0) is 9.53 Å². The first-order valence-electron chi connectivity index (χ1n) is 5.18. The quantitative estimate of drug-likeness (QED) is 0.292. The lowest BCUT2D eigenvalue weighted by molar-refractivity contribution is -0.141. The van der Waals surface area contributed by atoms with Crippen molar-refractivity contribution < 1.29 is 9.53 Å². The van der Waals surface area contributed by atoms with Crippen molar-refractivity contribution in [2.45, 2.75) is 44.3 Å². The highest BCUT2D eigenvalue weighted by Gasteiger charge is 2.13. The fraction of sp³-hybridized carbons (Fsp3) is 0.727. The third kappa shape index (κ3) is 7.01. The summed E-state index contributed by atoms with van der Waals surface area (Å²) >= 11 is 4.19. The maximum atomic E-state index is 11.2. The van der Waals surface area contributed by atoms with Crippen LogP contribution in [0.1, 0.15) is 39.0 Å². The molecule has 0 heterocycles. The van der Waals surface area contributed by atoms with Crippen LogP contribution in [0.15, 0.2) is 12.7 Å². The van der Waals surface area contributed by atoms with Crippen molar-refractivity contribution in [2.24, 2.45) is 0 Å². The molecule has 0 N–H and O–H groups in total. The molecule has 0 fully saturated rings. The lowest BCUT2D eigenvalue weighted by Crippen LogP contribution is -2.17. The van der Waals surface area contributed by atoms with Gasteiger partial charge in [-0.05, 0) is 6.42 Å². The van der Waals surface area contributed by atoms with Crippen LogP contribution in [0.25, 0.3) is 0 Å². The Balaban J connectivity index is 3.46. The lowest BCUT2D eigenvalue weighted by Gasteiger charge is -2.08. The summed E-state index contributed by atoms with van der Waals surface area (Å²) in [4.78, 5) is 11.2. The minimum absolute atomic E-state index is 0.232. The highest BCUT2D eigenvalue weighted by Crippen LogP contribution is 2.11. The van der Waals surface area contributed by atoms with Crippen LogP contribution in [0.3, 0.4) is 0 Å². The number of rotatable bonds is 8. The van der Waals surface area contributed by atoms with Gasteiger partial charge in [-0.15, -0.1) is 0 Å². The molecule has 2 nitrogen and oxygen atoms in total. The van der Waals surface area contributed by atoms with Gasteiger partial charge in [-0.2, -0.15) is 12.6 Å². The van der Waals surface area contributed by atoms with Crippen molar-refractivity contribution >= 4 is 18.6 Å². The van der Waals surface area contributed by atoms with E-state index in [0.29, 0.717) is 0 Å². The van der Waals surface area contributed by atoms with Crippen molar-refractivity contribution in [3.63, 3.8) is 0 Å². The number of hydrogen-bond acceptors (Lipinski definition) is 3. The predicted octanol–water partition coefficient (Wildman–Crippen LogP) is 2.98. The molecule has 0 saturated heterocycles. The molecular formula is C11H20O2S. The van der Waals surface area contributed by atoms with Crippen LogP contribution < -0.4 is 0 Å². The first-order valence-corrected chi connectivity index (χ1v) is 5.69. The van der Waals surface area contributed by atoms with Crippen LogP contribution in [0.5, 0.6) is 0 Å². The first kappa shape index (κ1) is 13.6. The van der Waals surface area contributed by atoms with Gasteiger partial charge in [0, 0.05) is 0 Å². The zero-order valence-corrected chi connectivity index (χ0v) is 9.76. The molecule has 0 aromatic heterocycles. The van der Waals surface area contributed by atoms with Crippen LogP contribution in [0.4, 0.5) is 0 Å². The van der Waals surface area contributed by atoms with Crippen LogP contribution >= 0.6 is 12.6 Å². The average molecular weight is 216 g/mol. The Bertz CT molecular complexity index is 169. The molecular weight excluding hydrogens is 196 g/mol. The van der Waals surface area contributed by atoms with Gasteiger partial charge in [0.1, 0.15) is 6.61 Å². The van der Waals surface area contributed by atoms with Crippen molar-refractivity contribution in [3.8, 4) is 0 Å².